The number of ether oxygens (including phenoxy) is 1. The lowest BCUT2D eigenvalue weighted by Gasteiger charge is -2.22. The summed E-state index contributed by atoms with van der Waals surface area (Å²) in [6, 6.07) is 12.5. The number of nitrogens with one attached hydrogen (secondary N) is 1. The Labute approximate surface area is 148 Å². The first kappa shape index (κ1) is 16.9. The van der Waals surface area contributed by atoms with E-state index in [0.29, 0.717) is 0 Å². The molecule has 1 N–H and O–H groups in total. The molecule has 7 heteroatoms. The lowest BCUT2D eigenvalue weighted by atomic mass is 10.1. The van der Waals surface area contributed by atoms with Crippen molar-refractivity contribution in [3.63, 3.8) is 0 Å². The van der Waals surface area contributed by atoms with Crippen molar-refractivity contribution >= 4 is 35.3 Å². The lowest BCUT2D eigenvalue weighted by Crippen LogP contribution is -2.40. The molecule has 2 heterocycles. The van der Waals surface area contributed by atoms with Gasteiger partial charge in [0, 0.05) is 11.0 Å². The van der Waals surface area contributed by atoms with Crippen LogP contribution in [0, 0.1) is 0 Å². The van der Waals surface area contributed by atoms with E-state index in [1.165, 1.54) is 17.4 Å². The Morgan fingerprint density at radius 2 is 2.04 bits per heavy atom. The van der Waals surface area contributed by atoms with Crippen LogP contribution in [0.4, 0.5) is 4.79 Å². The fourth-order valence-electron chi connectivity index (χ4n) is 2.42. The van der Waals surface area contributed by atoms with E-state index in [2.05, 4.69) is 5.32 Å². The smallest absolute Gasteiger partial charge is 0.417 e. The number of nitrogens with zero attached hydrogens (tertiary/aromatic N) is 1. The molecule has 1 aliphatic rings. The van der Waals surface area contributed by atoms with Gasteiger partial charge in [-0.2, -0.15) is 0 Å². The van der Waals surface area contributed by atoms with E-state index in [1.807, 2.05) is 47.8 Å². The third-order valence-electron chi connectivity index (χ3n) is 3.67. The predicted octanol–water partition coefficient (Wildman–Crippen LogP) is 2.60. The first-order chi connectivity index (χ1) is 12.1. The maximum absolute atomic E-state index is 12.2. The van der Waals surface area contributed by atoms with Crippen molar-refractivity contribution in [2.45, 2.75) is 6.04 Å². The first-order valence-corrected chi connectivity index (χ1v) is 8.55. The van der Waals surface area contributed by atoms with Gasteiger partial charge in [-0.1, -0.05) is 36.4 Å². The Morgan fingerprint density at radius 3 is 2.68 bits per heavy atom. The van der Waals surface area contributed by atoms with Gasteiger partial charge in [-0.15, -0.1) is 11.3 Å². The predicted molar refractivity (Wildman–Crippen MR) is 93.7 cm³/mol. The summed E-state index contributed by atoms with van der Waals surface area (Å²) < 4.78 is 4.73. The van der Waals surface area contributed by atoms with Crippen LogP contribution in [0.3, 0.4) is 0 Å². The summed E-state index contributed by atoms with van der Waals surface area (Å²) in [4.78, 5) is 37.7. The number of thiophene rings is 1. The summed E-state index contributed by atoms with van der Waals surface area (Å²) in [5.41, 5.74) is 0.799. The zero-order chi connectivity index (χ0) is 17.6. The largest absolute Gasteiger partial charge is 0.439 e. The van der Waals surface area contributed by atoms with Crippen LogP contribution in [-0.2, 0) is 14.3 Å². The van der Waals surface area contributed by atoms with Crippen molar-refractivity contribution in [3.8, 4) is 0 Å². The van der Waals surface area contributed by atoms with E-state index < -0.39 is 18.0 Å². The number of carbonyl (C=O) groups is 3. The normalized spacial score (nSPS) is 15.4. The number of hydrogen-bond acceptors (Lipinski definition) is 5. The van der Waals surface area contributed by atoms with Crippen LogP contribution < -0.4 is 5.32 Å². The molecule has 1 atom stereocenters. The monoisotopic (exact) mass is 356 g/mol. The molecule has 2 aromatic rings. The van der Waals surface area contributed by atoms with Crippen LogP contribution in [0.25, 0.3) is 6.08 Å². The molecule has 0 radical (unpaired) electrons. The second-order valence-electron chi connectivity index (χ2n) is 5.38. The SMILES string of the molecule is O=C(C=Cc1cccs1)NC(CN1C(=O)COC1=O)c1ccccc1. The molecular formula is C18H16N2O4S. The van der Waals surface area contributed by atoms with Gasteiger partial charge in [0.15, 0.2) is 6.61 Å². The molecule has 0 saturated carbocycles. The minimum Gasteiger partial charge on any atom is -0.439 e. The van der Waals surface area contributed by atoms with E-state index in [0.717, 1.165) is 15.3 Å². The van der Waals surface area contributed by atoms with E-state index in [-0.39, 0.29) is 19.1 Å². The van der Waals surface area contributed by atoms with Gasteiger partial charge >= 0.3 is 6.09 Å². The molecule has 1 fully saturated rings. The van der Waals surface area contributed by atoms with Gasteiger partial charge < -0.3 is 10.1 Å². The molecule has 128 valence electrons. The van der Waals surface area contributed by atoms with Crippen LogP contribution in [0.5, 0.6) is 0 Å². The summed E-state index contributed by atoms with van der Waals surface area (Å²) >= 11 is 1.53. The second-order valence-corrected chi connectivity index (χ2v) is 6.36. The summed E-state index contributed by atoms with van der Waals surface area (Å²) in [7, 11) is 0. The zero-order valence-corrected chi connectivity index (χ0v) is 14.1. The first-order valence-electron chi connectivity index (χ1n) is 7.67. The summed E-state index contributed by atoms with van der Waals surface area (Å²) in [6.45, 7) is -0.229. The highest BCUT2D eigenvalue weighted by atomic mass is 32.1. The quantitative estimate of drug-likeness (QED) is 0.807. The van der Waals surface area contributed by atoms with Gasteiger partial charge in [0.1, 0.15) is 0 Å². The van der Waals surface area contributed by atoms with Crippen LogP contribution in [0.15, 0.2) is 53.9 Å². The topological polar surface area (TPSA) is 75.7 Å². The number of carbonyl (C=O) groups excluding carboxylic acids is 3. The van der Waals surface area contributed by atoms with Crippen molar-refractivity contribution in [1.82, 2.24) is 10.2 Å². The maximum atomic E-state index is 12.2. The minimum atomic E-state index is -0.686. The standard InChI is InChI=1S/C18H16N2O4S/c21-16(9-8-14-7-4-10-25-14)19-15(13-5-2-1-3-6-13)11-20-17(22)12-24-18(20)23/h1-10,15H,11-12H2,(H,19,21). The molecule has 0 spiro atoms. The zero-order valence-electron chi connectivity index (χ0n) is 13.3. The molecule has 3 rings (SSSR count). The van der Waals surface area contributed by atoms with Crippen molar-refractivity contribution < 1.29 is 19.1 Å². The molecule has 1 aliphatic heterocycles. The second kappa shape index (κ2) is 7.76. The van der Waals surface area contributed by atoms with Crippen LogP contribution >= 0.6 is 11.3 Å². The van der Waals surface area contributed by atoms with E-state index in [1.54, 1.807) is 6.08 Å². The Balaban J connectivity index is 1.73. The molecule has 1 aromatic carbocycles. The third-order valence-corrected chi connectivity index (χ3v) is 4.50. The molecular weight excluding hydrogens is 340 g/mol. The van der Waals surface area contributed by atoms with E-state index >= 15 is 0 Å². The van der Waals surface area contributed by atoms with E-state index in [4.69, 9.17) is 4.74 Å². The van der Waals surface area contributed by atoms with Crippen LogP contribution in [0.2, 0.25) is 0 Å². The van der Waals surface area contributed by atoms with E-state index in [9.17, 15) is 14.4 Å². The Hall–Kier alpha value is -2.93. The van der Waals surface area contributed by atoms with Crippen molar-refractivity contribution in [1.29, 1.82) is 0 Å². The Morgan fingerprint density at radius 1 is 1.24 bits per heavy atom. The van der Waals surface area contributed by atoms with Gasteiger partial charge in [-0.3, -0.25) is 9.59 Å². The number of benzene rings is 1. The number of amides is 3. The summed E-state index contributed by atoms with van der Waals surface area (Å²) in [5, 5.41) is 4.77. The third kappa shape index (κ3) is 4.33. The minimum absolute atomic E-state index is 0.0280. The fourth-order valence-corrected chi connectivity index (χ4v) is 3.04. The van der Waals surface area contributed by atoms with Crippen LogP contribution in [0.1, 0.15) is 16.5 Å². The average molecular weight is 356 g/mol. The van der Waals surface area contributed by atoms with Gasteiger partial charge in [-0.25, -0.2) is 9.69 Å². The van der Waals surface area contributed by atoms with Crippen molar-refractivity contribution in [3.05, 3.63) is 64.4 Å². The number of cyclic esters (lactones) is 1. The average Bonchev–Trinajstić information content (AvgIpc) is 3.25. The molecule has 1 saturated heterocycles. The highest BCUT2D eigenvalue weighted by Crippen LogP contribution is 2.17. The molecule has 1 aromatic heterocycles. The molecule has 0 aliphatic carbocycles. The van der Waals surface area contributed by atoms with Crippen molar-refractivity contribution in [2.24, 2.45) is 0 Å². The summed E-state index contributed by atoms with van der Waals surface area (Å²) in [5.74, 6) is -0.712. The van der Waals surface area contributed by atoms with Gasteiger partial charge in [0.2, 0.25) is 5.91 Å². The van der Waals surface area contributed by atoms with Gasteiger partial charge in [0.05, 0.1) is 12.6 Å². The lowest BCUT2D eigenvalue weighted by molar-refractivity contribution is -0.126. The highest BCUT2D eigenvalue weighted by Gasteiger charge is 2.33. The van der Waals surface area contributed by atoms with Crippen molar-refractivity contribution in [2.75, 3.05) is 13.2 Å². The molecule has 25 heavy (non-hydrogen) atoms. The maximum Gasteiger partial charge on any atom is 0.417 e. The van der Waals surface area contributed by atoms with Crippen LogP contribution in [-0.4, -0.2) is 36.0 Å². The number of imide groups is 1. The molecule has 6 nitrogen and oxygen atoms in total. The number of hydrogen-bond donors (Lipinski definition) is 1. The fraction of sp³-hybridized carbons (Fsp3) is 0.167. The van der Waals surface area contributed by atoms with Gasteiger partial charge in [0.25, 0.3) is 5.91 Å². The Bertz CT molecular complexity index is 771. The van der Waals surface area contributed by atoms with Gasteiger partial charge in [-0.05, 0) is 23.1 Å². The Kier molecular flexibility index (Phi) is 5.25. The molecule has 0 bridgehead atoms. The highest BCUT2D eigenvalue weighted by molar-refractivity contribution is 7.10. The molecule has 3 amide bonds. The number of rotatable bonds is 6. The summed E-state index contributed by atoms with van der Waals surface area (Å²) in [6.07, 6.45) is 2.47. The molecule has 1 unspecified atom stereocenters.